The SMILES string of the molecule is CC(C)(C)c1nnc(CN2CC3(CCC3)c3c(F)cccc32)o1. The van der Waals surface area contributed by atoms with Crippen molar-refractivity contribution in [3.8, 4) is 0 Å². The highest BCUT2D eigenvalue weighted by atomic mass is 19.1. The molecule has 1 saturated carbocycles. The zero-order valence-electron chi connectivity index (χ0n) is 13.9. The first-order valence-electron chi connectivity index (χ1n) is 8.26. The van der Waals surface area contributed by atoms with Crippen molar-refractivity contribution in [3.63, 3.8) is 0 Å². The van der Waals surface area contributed by atoms with E-state index >= 15 is 0 Å². The molecule has 1 aromatic carbocycles. The lowest BCUT2D eigenvalue weighted by Crippen LogP contribution is -2.39. The molecule has 0 bridgehead atoms. The Morgan fingerprint density at radius 3 is 2.65 bits per heavy atom. The van der Waals surface area contributed by atoms with Crippen molar-refractivity contribution in [1.29, 1.82) is 0 Å². The summed E-state index contributed by atoms with van der Waals surface area (Å²) in [5, 5.41) is 8.34. The van der Waals surface area contributed by atoms with Crippen LogP contribution in [0.15, 0.2) is 22.6 Å². The minimum atomic E-state index is -0.157. The third-order valence-electron chi connectivity index (χ3n) is 5.10. The second-order valence-electron chi connectivity index (χ2n) is 7.87. The lowest BCUT2D eigenvalue weighted by atomic mass is 9.65. The highest BCUT2D eigenvalue weighted by Gasteiger charge is 2.48. The van der Waals surface area contributed by atoms with Gasteiger partial charge in [-0.3, -0.25) is 0 Å². The summed E-state index contributed by atoms with van der Waals surface area (Å²) in [6.07, 6.45) is 3.30. The molecule has 0 radical (unpaired) electrons. The Morgan fingerprint density at radius 1 is 1.26 bits per heavy atom. The van der Waals surface area contributed by atoms with E-state index in [9.17, 15) is 4.39 Å². The van der Waals surface area contributed by atoms with E-state index in [0.717, 1.165) is 30.6 Å². The lowest BCUT2D eigenvalue weighted by Gasteiger charge is -2.39. The second kappa shape index (κ2) is 4.79. The van der Waals surface area contributed by atoms with Crippen LogP contribution in [0.1, 0.15) is 57.4 Å². The van der Waals surface area contributed by atoms with E-state index in [4.69, 9.17) is 4.42 Å². The van der Waals surface area contributed by atoms with Gasteiger partial charge in [-0.05, 0) is 25.0 Å². The van der Waals surface area contributed by atoms with Gasteiger partial charge in [0, 0.05) is 28.6 Å². The molecule has 1 fully saturated rings. The van der Waals surface area contributed by atoms with Gasteiger partial charge in [-0.2, -0.15) is 0 Å². The first-order chi connectivity index (χ1) is 10.9. The summed E-state index contributed by atoms with van der Waals surface area (Å²) in [4.78, 5) is 2.19. The number of benzene rings is 1. The molecular weight excluding hydrogens is 293 g/mol. The smallest absolute Gasteiger partial charge is 0.235 e. The molecule has 0 saturated heterocycles. The predicted octanol–water partition coefficient (Wildman–Crippen LogP) is 3.95. The maximum atomic E-state index is 14.4. The molecule has 2 aromatic rings. The Labute approximate surface area is 135 Å². The van der Waals surface area contributed by atoms with E-state index in [1.54, 1.807) is 12.1 Å². The monoisotopic (exact) mass is 315 g/mol. The number of anilines is 1. The molecule has 122 valence electrons. The molecule has 2 heterocycles. The van der Waals surface area contributed by atoms with E-state index in [2.05, 4.69) is 15.1 Å². The maximum absolute atomic E-state index is 14.4. The average molecular weight is 315 g/mol. The van der Waals surface area contributed by atoms with Crippen LogP contribution in [0.5, 0.6) is 0 Å². The zero-order valence-corrected chi connectivity index (χ0v) is 13.9. The van der Waals surface area contributed by atoms with Gasteiger partial charge < -0.3 is 9.32 Å². The molecule has 0 amide bonds. The van der Waals surface area contributed by atoms with Crippen LogP contribution in [0.3, 0.4) is 0 Å². The van der Waals surface area contributed by atoms with Crippen molar-refractivity contribution in [2.24, 2.45) is 0 Å². The van der Waals surface area contributed by atoms with Gasteiger partial charge in [0.15, 0.2) is 0 Å². The quantitative estimate of drug-likeness (QED) is 0.841. The van der Waals surface area contributed by atoms with Crippen molar-refractivity contribution >= 4 is 5.69 Å². The lowest BCUT2D eigenvalue weighted by molar-refractivity contribution is 0.254. The summed E-state index contributed by atoms with van der Waals surface area (Å²) in [5.41, 5.74) is 1.71. The zero-order chi connectivity index (χ0) is 16.2. The molecule has 23 heavy (non-hydrogen) atoms. The van der Waals surface area contributed by atoms with Gasteiger partial charge in [0.25, 0.3) is 0 Å². The van der Waals surface area contributed by atoms with Crippen LogP contribution >= 0.6 is 0 Å². The topological polar surface area (TPSA) is 42.2 Å². The van der Waals surface area contributed by atoms with E-state index in [1.807, 2.05) is 26.8 Å². The molecule has 0 N–H and O–H groups in total. The van der Waals surface area contributed by atoms with Crippen molar-refractivity contribution in [2.75, 3.05) is 11.4 Å². The minimum Gasteiger partial charge on any atom is -0.423 e. The average Bonchev–Trinajstić information content (AvgIpc) is 3.02. The van der Waals surface area contributed by atoms with Crippen molar-refractivity contribution in [1.82, 2.24) is 10.2 Å². The fraction of sp³-hybridized carbons (Fsp3) is 0.556. The Kier molecular flexibility index (Phi) is 3.06. The second-order valence-corrected chi connectivity index (χ2v) is 7.87. The fourth-order valence-corrected chi connectivity index (χ4v) is 3.77. The van der Waals surface area contributed by atoms with Crippen molar-refractivity contribution < 1.29 is 8.81 Å². The van der Waals surface area contributed by atoms with E-state index in [-0.39, 0.29) is 16.6 Å². The van der Waals surface area contributed by atoms with Crippen molar-refractivity contribution in [2.45, 2.75) is 57.4 Å². The van der Waals surface area contributed by atoms with Crippen LogP contribution in [0.2, 0.25) is 0 Å². The molecule has 1 aliphatic heterocycles. The molecule has 4 nitrogen and oxygen atoms in total. The Hall–Kier alpha value is -1.91. The first-order valence-corrected chi connectivity index (χ1v) is 8.26. The molecule has 1 aromatic heterocycles. The number of nitrogens with zero attached hydrogens (tertiary/aromatic N) is 3. The number of hydrogen-bond donors (Lipinski definition) is 0. The predicted molar refractivity (Wildman–Crippen MR) is 86.0 cm³/mol. The molecular formula is C18H22FN3O. The first kappa shape index (κ1) is 14.7. The largest absolute Gasteiger partial charge is 0.423 e. The van der Waals surface area contributed by atoms with E-state index in [1.165, 1.54) is 6.42 Å². The van der Waals surface area contributed by atoms with Gasteiger partial charge in [0.2, 0.25) is 11.8 Å². The fourth-order valence-electron chi connectivity index (χ4n) is 3.77. The van der Waals surface area contributed by atoms with E-state index < -0.39 is 0 Å². The van der Waals surface area contributed by atoms with Crippen LogP contribution in [-0.2, 0) is 17.4 Å². The molecule has 0 atom stereocenters. The molecule has 1 spiro atoms. The molecule has 5 heteroatoms. The number of halogens is 1. The van der Waals surface area contributed by atoms with Crippen LogP contribution in [-0.4, -0.2) is 16.7 Å². The molecule has 0 unspecified atom stereocenters. The third kappa shape index (κ3) is 2.25. The maximum Gasteiger partial charge on any atom is 0.235 e. The van der Waals surface area contributed by atoms with Crippen LogP contribution in [0.25, 0.3) is 0 Å². The van der Waals surface area contributed by atoms with Crippen LogP contribution < -0.4 is 4.90 Å². The van der Waals surface area contributed by atoms with E-state index in [0.29, 0.717) is 18.3 Å². The number of rotatable bonds is 2. The van der Waals surface area contributed by atoms with Gasteiger partial charge in [0.1, 0.15) is 5.82 Å². The van der Waals surface area contributed by atoms with Crippen molar-refractivity contribution in [3.05, 3.63) is 41.4 Å². The molecule has 4 rings (SSSR count). The normalized spacial score (nSPS) is 19.0. The molecule has 1 aliphatic carbocycles. The minimum absolute atomic E-state index is 0.00639. The van der Waals surface area contributed by atoms with Gasteiger partial charge >= 0.3 is 0 Å². The van der Waals surface area contributed by atoms with Gasteiger partial charge in [-0.15, -0.1) is 10.2 Å². The highest BCUT2D eigenvalue weighted by molar-refractivity contribution is 5.64. The summed E-state index contributed by atoms with van der Waals surface area (Å²) < 4.78 is 20.2. The summed E-state index contributed by atoms with van der Waals surface area (Å²) in [7, 11) is 0. The summed E-state index contributed by atoms with van der Waals surface area (Å²) >= 11 is 0. The Balaban J connectivity index is 1.64. The number of hydrogen-bond acceptors (Lipinski definition) is 4. The summed E-state index contributed by atoms with van der Waals surface area (Å²) in [5.74, 6) is 1.16. The molecule has 2 aliphatic rings. The van der Waals surface area contributed by atoms with Crippen LogP contribution in [0, 0.1) is 5.82 Å². The third-order valence-corrected chi connectivity index (χ3v) is 5.10. The van der Waals surface area contributed by atoms with Gasteiger partial charge in [-0.25, -0.2) is 4.39 Å². The summed E-state index contributed by atoms with van der Waals surface area (Å²) in [6.45, 7) is 7.54. The standard InChI is InChI=1S/C18H22FN3O/c1-17(2,3)16-21-20-14(23-16)10-22-11-18(8-5-9-18)15-12(19)6-4-7-13(15)22/h4,6-7H,5,8-11H2,1-3H3. The number of aromatic nitrogens is 2. The number of fused-ring (bicyclic) bond motifs is 2. The highest BCUT2D eigenvalue weighted by Crippen LogP contribution is 2.53. The van der Waals surface area contributed by atoms with Gasteiger partial charge in [0.05, 0.1) is 6.54 Å². The van der Waals surface area contributed by atoms with Gasteiger partial charge in [-0.1, -0.05) is 33.3 Å². The Morgan fingerprint density at radius 2 is 2.04 bits per heavy atom. The van der Waals surface area contributed by atoms with Crippen LogP contribution in [0.4, 0.5) is 10.1 Å². The summed E-state index contributed by atoms with van der Waals surface area (Å²) in [6, 6.07) is 5.37. The Bertz CT molecular complexity index is 743.